The molecule has 4 aromatic rings. The van der Waals surface area contributed by atoms with Crippen LogP contribution in [-0.2, 0) is 0 Å². The fraction of sp³-hybridized carbons (Fsp3) is 0.400. The van der Waals surface area contributed by atoms with Crippen LogP contribution in [0.1, 0.15) is 41.5 Å². The van der Waals surface area contributed by atoms with E-state index < -0.39 is 41.3 Å². The van der Waals surface area contributed by atoms with E-state index in [0.717, 1.165) is 34.5 Å². The fourth-order valence-electron chi connectivity index (χ4n) is 6.84. The molecule has 0 amide bonds. The minimum atomic E-state index is -3.58. The summed E-state index contributed by atoms with van der Waals surface area (Å²) in [6, 6.07) is 0. The molecule has 0 atom stereocenters. The van der Waals surface area contributed by atoms with Gasteiger partial charge in [-0.1, -0.05) is 0 Å². The molecule has 4 aromatic carbocycles. The molecule has 0 unspecified atom stereocenters. The molecule has 0 aliphatic carbocycles. The number of hydrogen-bond acceptors (Lipinski definition) is 6. The van der Waals surface area contributed by atoms with Gasteiger partial charge in [0.15, 0.2) is 0 Å². The summed E-state index contributed by atoms with van der Waals surface area (Å²) in [7, 11) is 0. The van der Waals surface area contributed by atoms with Gasteiger partial charge in [0.1, 0.15) is 0 Å². The van der Waals surface area contributed by atoms with Crippen molar-refractivity contribution in [1.29, 1.82) is 0 Å². The van der Waals surface area contributed by atoms with E-state index in [0.29, 0.717) is 39.6 Å². The molecule has 0 spiro atoms. The van der Waals surface area contributed by atoms with Crippen molar-refractivity contribution in [3.8, 4) is 34.5 Å². The number of halogens is 6. The summed E-state index contributed by atoms with van der Waals surface area (Å²) >= 11 is 15.6. The molecule has 3 aliphatic rings. The maximum atomic E-state index is 6.65. The summed E-state index contributed by atoms with van der Waals surface area (Å²) in [6.45, 7) is 15.3. The van der Waals surface area contributed by atoms with Gasteiger partial charge in [-0.15, -0.1) is 0 Å². The Balaban J connectivity index is 1.90. The summed E-state index contributed by atoms with van der Waals surface area (Å²) in [5, 5.41) is 7.34. The second-order valence-electron chi connectivity index (χ2n) is 10.2. The van der Waals surface area contributed by atoms with Gasteiger partial charge in [-0.3, -0.25) is 0 Å². The molecule has 0 aromatic heterocycles. The molecule has 0 saturated carbocycles. The van der Waals surface area contributed by atoms with E-state index in [9.17, 15) is 0 Å². The Labute approximate surface area is 310 Å². The predicted octanol–water partition coefficient (Wildman–Crippen LogP) is 6.52. The molecule has 0 saturated heterocycles. The zero-order valence-electron chi connectivity index (χ0n) is 25.2. The molecular formula is C30H30Br6O6Te3. The van der Waals surface area contributed by atoms with Crippen molar-refractivity contribution in [2.45, 2.75) is 41.5 Å². The van der Waals surface area contributed by atoms with E-state index >= 15 is 0 Å². The topological polar surface area (TPSA) is 55.4 Å². The van der Waals surface area contributed by atoms with Crippen LogP contribution in [0.4, 0.5) is 0 Å². The number of benzene rings is 4. The molecule has 3 aliphatic heterocycles. The van der Waals surface area contributed by atoms with Gasteiger partial charge in [0.05, 0.1) is 0 Å². The third-order valence-corrected chi connectivity index (χ3v) is 49.5. The molecule has 45 heavy (non-hydrogen) atoms. The molecule has 0 radical (unpaired) electrons. The minimum absolute atomic E-state index is 0.508. The van der Waals surface area contributed by atoms with Crippen molar-refractivity contribution < 1.29 is 28.4 Å². The van der Waals surface area contributed by atoms with Crippen LogP contribution in [-0.4, -0.2) is 80.9 Å². The summed E-state index contributed by atoms with van der Waals surface area (Å²) in [4.78, 5) is 0. The van der Waals surface area contributed by atoms with Crippen molar-refractivity contribution in [3.05, 3.63) is 0 Å². The fourth-order valence-corrected chi connectivity index (χ4v) is 47.9. The number of ether oxygens (including phenoxy) is 6. The first-order valence-corrected chi connectivity index (χ1v) is 52.9. The molecular weight excluding hydrogens is 1320 g/mol. The third-order valence-electron chi connectivity index (χ3n) is 7.99. The molecule has 0 N–H and O–H groups in total. The first-order valence-electron chi connectivity index (χ1n) is 14.6. The van der Waals surface area contributed by atoms with E-state index in [2.05, 4.69) is 76.5 Å². The maximum absolute atomic E-state index is 6.65. The van der Waals surface area contributed by atoms with E-state index in [1.165, 1.54) is 54.0 Å². The molecule has 0 fully saturated rings. The van der Waals surface area contributed by atoms with Crippen LogP contribution < -0.4 is 50.1 Å². The first kappa shape index (κ1) is 35.1. The monoisotopic (exact) mass is 1350 g/mol. The summed E-state index contributed by atoms with van der Waals surface area (Å²) < 4.78 is 47.0. The standard InChI is InChI=1S/C30H30Br6O6Te3/c1-7-37-19-20(38-8-2)26-14-13-15-17-18-16(14)28(44(26,33)34)23(41-11-5)24(42-12-6)30(18)45(35,36)29(17)22(40-10-4)21(39-9-3)27(15)43(31,32)25(13)19/h7-12H2,1-6H3. The Morgan fingerprint density at radius 3 is 0.556 bits per heavy atom. The van der Waals surface area contributed by atoms with Gasteiger partial charge in [0, 0.05) is 0 Å². The molecule has 7 rings (SSSR count). The zero-order valence-corrected chi connectivity index (χ0v) is 41.7. The summed E-state index contributed by atoms with van der Waals surface area (Å²) in [5.41, 5.74) is 0. The van der Waals surface area contributed by atoms with Crippen molar-refractivity contribution >= 4 is 172 Å². The van der Waals surface area contributed by atoms with Crippen LogP contribution in [0.3, 0.4) is 0 Å². The molecule has 246 valence electrons. The van der Waals surface area contributed by atoms with Gasteiger partial charge in [0.25, 0.3) is 0 Å². The summed E-state index contributed by atoms with van der Waals surface area (Å²) in [6.07, 6.45) is 0. The summed E-state index contributed by atoms with van der Waals surface area (Å²) in [5.74, 6) is 4.87. The van der Waals surface area contributed by atoms with Crippen molar-refractivity contribution in [2.75, 3.05) is 39.6 Å². The molecule has 3 heterocycles. The van der Waals surface area contributed by atoms with Gasteiger partial charge >= 0.3 is 316 Å². The average molecular weight is 1350 g/mol. The Bertz CT molecular complexity index is 1600. The zero-order chi connectivity index (χ0) is 32.4. The van der Waals surface area contributed by atoms with E-state index in [-0.39, 0.29) is 0 Å². The molecule has 15 heteroatoms. The second-order valence-corrected chi connectivity index (χ2v) is 81.8. The third kappa shape index (κ3) is 4.47. The predicted molar refractivity (Wildman–Crippen MR) is 215 cm³/mol. The van der Waals surface area contributed by atoms with Crippen LogP contribution >= 0.6 is 76.5 Å². The van der Waals surface area contributed by atoms with E-state index in [1.54, 1.807) is 0 Å². The average Bonchev–Trinajstić information content (AvgIpc) is 3.47. The van der Waals surface area contributed by atoms with Crippen LogP contribution in [0.15, 0.2) is 0 Å². The van der Waals surface area contributed by atoms with Crippen LogP contribution in [0, 0.1) is 0 Å². The molecule has 6 nitrogen and oxygen atoms in total. The molecule has 0 bridgehead atoms. The van der Waals surface area contributed by atoms with Gasteiger partial charge < -0.3 is 0 Å². The SMILES string of the molecule is CCOc1c(OCC)c2c3c4c1[Te](Br)(Br)c1c(OCC)c(OCC)c5c(c14)c1c(c(OCC)c(OCC)c(c31)[Te]2(Br)Br)[Te]5(Br)Br. The van der Waals surface area contributed by atoms with Crippen molar-refractivity contribution in [2.24, 2.45) is 0 Å². The van der Waals surface area contributed by atoms with Gasteiger partial charge in [-0.25, -0.2) is 0 Å². The van der Waals surface area contributed by atoms with E-state index in [4.69, 9.17) is 28.4 Å². The van der Waals surface area contributed by atoms with Gasteiger partial charge in [-0.2, -0.15) is 0 Å². The van der Waals surface area contributed by atoms with Crippen LogP contribution in [0.25, 0.3) is 32.3 Å². The Morgan fingerprint density at radius 1 is 0.311 bits per heavy atom. The Hall–Kier alpha value is 1.71. The van der Waals surface area contributed by atoms with Crippen LogP contribution in [0.5, 0.6) is 34.5 Å². The van der Waals surface area contributed by atoms with Gasteiger partial charge in [-0.05, 0) is 0 Å². The normalized spacial score (nSPS) is 19.2. The Kier molecular flexibility index (Phi) is 9.71. The number of hydrogen-bond donors (Lipinski definition) is 0. The van der Waals surface area contributed by atoms with E-state index in [1.807, 2.05) is 41.5 Å². The Morgan fingerprint density at radius 2 is 0.444 bits per heavy atom. The van der Waals surface area contributed by atoms with Crippen LogP contribution in [0.2, 0.25) is 0 Å². The van der Waals surface area contributed by atoms with Crippen molar-refractivity contribution in [3.63, 3.8) is 0 Å². The second kappa shape index (κ2) is 12.4. The van der Waals surface area contributed by atoms with Crippen molar-refractivity contribution in [1.82, 2.24) is 0 Å². The quantitative estimate of drug-likeness (QED) is 0.119. The first-order chi connectivity index (χ1) is 21.4. The van der Waals surface area contributed by atoms with Gasteiger partial charge in [0.2, 0.25) is 0 Å². The number of rotatable bonds is 12.